The first-order valence-electron chi connectivity index (χ1n) is 6.93. The summed E-state index contributed by atoms with van der Waals surface area (Å²) in [6.45, 7) is 9.84. The molecule has 20 heavy (non-hydrogen) atoms. The van der Waals surface area contributed by atoms with Gasteiger partial charge in [0.15, 0.2) is 0 Å². The van der Waals surface area contributed by atoms with Crippen LogP contribution < -0.4 is 10.6 Å². The van der Waals surface area contributed by atoms with Crippen molar-refractivity contribution in [3.05, 3.63) is 24.5 Å². The van der Waals surface area contributed by atoms with Crippen molar-refractivity contribution in [3.63, 3.8) is 0 Å². The van der Waals surface area contributed by atoms with Gasteiger partial charge in [-0.05, 0) is 37.4 Å². The summed E-state index contributed by atoms with van der Waals surface area (Å²) in [4.78, 5) is 6.57. The summed E-state index contributed by atoms with van der Waals surface area (Å²) >= 11 is 1.47. The molecule has 0 aliphatic rings. The van der Waals surface area contributed by atoms with Crippen LogP contribution in [0.2, 0.25) is 0 Å². The first-order chi connectivity index (χ1) is 9.50. The fourth-order valence-electron chi connectivity index (χ4n) is 2.19. The Kier molecular flexibility index (Phi) is 4.60. The monoisotopic (exact) mass is 290 g/mol. The lowest BCUT2D eigenvalue weighted by molar-refractivity contribution is 0.574. The molecule has 0 radical (unpaired) electrons. The Balaban J connectivity index is 2.47. The van der Waals surface area contributed by atoms with Crippen molar-refractivity contribution < 1.29 is 0 Å². The van der Waals surface area contributed by atoms with E-state index in [2.05, 4.69) is 42.0 Å². The molecule has 0 spiro atoms. The van der Waals surface area contributed by atoms with Gasteiger partial charge in [0.2, 0.25) is 0 Å². The summed E-state index contributed by atoms with van der Waals surface area (Å²) in [5.74, 6) is 1.18. The van der Waals surface area contributed by atoms with Crippen LogP contribution in [0.4, 0.5) is 10.8 Å². The van der Waals surface area contributed by atoms with E-state index in [1.54, 1.807) is 6.20 Å². The van der Waals surface area contributed by atoms with Gasteiger partial charge in [0.05, 0.1) is 5.56 Å². The summed E-state index contributed by atoms with van der Waals surface area (Å²) in [7, 11) is 0. The molecule has 0 aliphatic carbocycles. The highest BCUT2D eigenvalue weighted by molar-refractivity contribution is 7.11. The van der Waals surface area contributed by atoms with E-state index in [1.165, 1.54) is 11.5 Å². The van der Waals surface area contributed by atoms with Crippen molar-refractivity contribution in [1.82, 2.24) is 9.36 Å². The number of anilines is 2. The van der Waals surface area contributed by atoms with Crippen LogP contribution in [-0.2, 0) is 0 Å². The first kappa shape index (κ1) is 14.8. The van der Waals surface area contributed by atoms with E-state index < -0.39 is 0 Å². The van der Waals surface area contributed by atoms with Crippen molar-refractivity contribution in [3.8, 4) is 11.1 Å². The van der Waals surface area contributed by atoms with Crippen molar-refractivity contribution in [1.29, 1.82) is 0 Å². The summed E-state index contributed by atoms with van der Waals surface area (Å²) in [5.41, 5.74) is 8.13. The maximum atomic E-state index is 6.09. The number of hydrogen-bond donors (Lipinski definition) is 1. The van der Waals surface area contributed by atoms with Gasteiger partial charge < -0.3 is 10.6 Å². The van der Waals surface area contributed by atoms with Crippen LogP contribution >= 0.6 is 11.5 Å². The summed E-state index contributed by atoms with van der Waals surface area (Å²) in [6.07, 6.45) is 3.62. The van der Waals surface area contributed by atoms with E-state index in [1.807, 2.05) is 18.3 Å². The van der Waals surface area contributed by atoms with Crippen molar-refractivity contribution >= 4 is 22.4 Å². The molecule has 0 saturated heterocycles. The Morgan fingerprint density at radius 2 is 2.05 bits per heavy atom. The SMILES string of the molecule is CC(C)CN(c1snc(N)c1-c1cccnc1)C(C)C. The molecule has 2 heterocycles. The Morgan fingerprint density at radius 1 is 1.30 bits per heavy atom. The standard InChI is InChI=1S/C15H22N4S/c1-10(2)9-19(11(3)4)15-13(14(16)18-20-15)12-6-5-7-17-8-12/h5-8,10-11H,9H2,1-4H3,(H2,16,18). The zero-order valence-electron chi connectivity index (χ0n) is 12.5. The summed E-state index contributed by atoms with van der Waals surface area (Å²) in [5, 5.41) is 1.14. The third-order valence-corrected chi connectivity index (χ3v) is 4.00. The van der Waals surface area contributed by atoms with Crippen LogP contribution in [0.25, 0.3) is 11.1 Å². The average Bonchev–Trinajstić information content (AvgIpc) is 2.78. The highest BCUT2D eigenvalue weighted by atomic mass is 32.1. The van der Waals surface area contributed by atoms with E-state index in [0.29, 0.717) is 17.8 Å². The molecule has 0 amide bonds. The third kappa shape index (κ3) is 3.10. The van der Waals surface area contributed by atoms with Gasteiger partial charge in [0.1, 0.15) is 10.8 Å². The predicted molar refractivity (Wildman–Crippen MR) is 87.1 cm³/mol. The number of nitrogens with two attached hydrogens (primary N) is 1. The molecule has 2 rings (SSSR count). The number of aromatic nitrogens is 2. The number of nitrogen functional groups attached to an aromatic ring is 1. The number of rotatable bonds is 5. The van der Waals surface area contributed by atoms with E-state index in [9.17, 15) is 0 Å². The lowest BCUT2D eigenvalue weighted by atomic mass is 10.1. The first-order valence-corrected chi connectivity index (χ1v) is 7.70. The number of pyridine rings is 1. The lowest BCUT2D eigenvalue weighted by Gasteiger charge is -2.30. The molecule has 0 atom stereocenters. The minimum absolute atomic E-state index is 0.410. The molecule has 2 aromatic rings. The quantitative estimate of drug-likeness (QED) is 0.913. The smallest absolute Gasteiger partial charge is 0.147 e. The highest BCUT2D eigenvalue weighted by Crippen LogP contribution is 2.40. The van der Waals surface area contributed by atoms with Gasteiger partial charge in [0.25, 0.3) is 0 Å². The Labute approximate surface area is 124 Å². The molecule has 0 bridgehead atoms. The topological polar surface area (TPSA) is 55.0 Å². The highest BCUT2D eigenvalue weighted by Gasteiger charge is 2.22. The molecular formula is C15H22N4S. The second-order valence-corrected chi connectivity index (χ2v) is 6.38. The molecule has 0 unspecified atom stereocenters. The zero-order valence-corrected chi connectivity index (χ0v) is 13.3. The predicted octanol–water partition coefficient (Wildman–Crippen LogP) is 3.66. The van der Waals surface area contributed by atoms with Gasteiger partial charge in [-0.2, -0.15) is 4.37 Å². The molecule has 0 aromatic carbocycles. The Bertz CT molecular complexity index is 548. The molecule has 108 valence electrons. The second kappa shape index (κ2) is 6.22. The molecule has 4 nitrogen and oxygen atoms in total. The van der Waals surface area contributed by atoms with E-state index in [-0.39, 0.29) is 0 Å². The number of nitrogens with zero attached hydrogens (tertiary/aromatic N) is 3. The fraction of sp³-hybridized carbons (Fsp3) is 0.467. The van der Waals surface area contributed by atoms with E-state index in [4.69, 9.17) is 5.73 Å². The van der Waals surface area contributed by atoms with Gasteiger partial charge in [-0.25, -0.2) is 0 Å². The Hall–Kier alpha value is -1.62. The van der Waals surface area contributed by atoms with Crippen LogP contribution in [0.5, 0.6) is 0 Å². The number of hydrogen-bond acceptors (Lipinski definition) is 5. The van der Waals surface area contributed by atoms with Crippen molar-refractivity contribution in [2.45, 2.75) is 33.7 Å². The van der Waals surface area contributed by atoms with Crippen LogP contribution in [0.1, 0.15) is 27.7 Å². The van der Waals surface area contributed by atoms with Crippen molar-refractivity contribution in [2.75, 3.05) is 17.2 Å². The van der Waals surface area contributed by atoms with Gasteiger partial charge in [-0.15, -0.1) is 0 Å². The minimum atomic E-state index is 0.410. The summed E-state index contributed by atoms with van der Waals surface area (Å²) < 4.78 is 4.35. The maximum Gasteiger partial charge on any atom is 0.147 e. The van der Waals surface area contributed by atoms with Gasteiger partial charge >= 0.3 is 0 Å². The third-order valence-electron chi connectivity index (χ3n) is 3.10. The summed E-state index contributed by atoms with van der Waals surface area (Å²) in [6, 6.07) is 4.37. The van der Waals surface area contributed by atoms with Crippen LogP contribution in [0, 0.1) is 5.92 Å². The molecule has 0 saturated carbocycles. The van der Waals surface area contributed by atoms with Gasteiger partial charge in [-0.3, -0.25) is 4.98 Å². The largest absolute Gasteiger partial charge is 0.382 e. The second-order valence-electron chi connectivity index (χ2n) is 5.63. The molecule has 2 aromatic heterocycles. The van der Waals surface area contributed by atoms with Gasteiger partial charge in [-0.1, -0.05) is 19.9 Å². The Morgan fingerprint density at radius 3 is 2.60 bits per heavy atom. The van der Waals surface area contributed by atoms with Crippen LogP contribution in [0.3, 0.4) is 0 Å². The van der Waals surface area contributed by atoms with Crippen LogP contribution in [-0.4, -0.2) is 21.9 Å². The van der Waals surface area contributed by atoms with E-state index in [0.717, 1.165) is 22.7 Å². The van der Waals surface area contributed by atoms with E-state index >= 15 is 0 Å². The molecular weight excluding hydrogens is 268 g/mol. The minimum Gasteiger partial charge on any atom is -0.382 e. The van der Waals surface area contributed by atoms with Crippen molar-refractivity contribution in [2.24, 2.45) is 5.92 Å². The van der Waals surface area contributed by atoms with Crippen LogP contribution in [0.15, 0.2) is 24.5 Å². The molecule has 0 aliphatic heterocycles. The normalized spacial score (nSPS) is 11.3. The zero-order chi connectivity index (χ0) is 14.7. The molecule has 5 heteroatoms. The average molecular weight is 290 g/mol. The fourth-order valence-corrected chi connectivity index (χ4v) is 3.17. The molecule has 2 N–H and O–H groups in total. The maximum absolute atomic E-state index is 6.09. The molecule has 0 fully saturated rings. The van der Waals surface area contributed by atoms with Gasteiger partial charge in [0, 0.05) is 30.5 Å². The lowest BCUT2D eigenvalue weighted by Crippen LogP contribution is -2.33.